The van der Waals surface area contributed by atoms with Gasteiger partial charge in [-0.3, -0.25) is 14.8 Å². The minimum atomic E-state index is -0.327. The molecule has 10 heteroatoms. The van der Waals surface area contributed by atoms with Crippen LogP contribution in [-0.4, -0.2) is 23.4 Å². The van der Waals surface area contributed by atoms with E-state index in [0.717, 1.165) is 130 Å². The molecule has 374 valence electrons. The number of nitrogens with zero attached hydrogens (tertiary/aromatic N) is 7. The average molecular weight is 1020 g/mol. The van der Waals surface area contributed by atoms with E-state index in [-0.39, 0.29) is 13.4 Å². The van der Waals surface area contributed by atoms with E-state index in [2.05, 4.69) is 310 Å². The molecule has 0 unspecified atom stereocenters. The number of fused-ring (bicyclic) bond motifs is 8. The fourth-order valence-electron chi connectivity index (χ4n) is 12.7. The summed E-state index contributed by atoms with van der Waals surface area (Å²) in [6, 6.07) is 101. The van der Waals surface area contributed by atoms with Gasteiger partial charge in [-0.2, -0.15) is 0 Å². The summed E-state index contributed by atoms with van der Waals surface area (Å²) in [5.41, 5.74) is 19.4. The van der Waals surface area contributed by atoms with Crippen molar-refractivity contribution in [2.24, 2.45) is 0 Å². The smallest absolute Gasteiger partial charge is 0.281 e. The number of benzene rings is 11. The molecule has 4 aliphatic heterocycles. The van der Waals surface area contributed by atoms with Crippen LogP contribution in [-0.2, 0) is 0 Å². The summed E-state index contributed by atoms with van der Waals surface area (Å²) in [6.45, 7) is -0.638. The van der Waals surface area contributed by atoms with Crippen molar-refractivity contribution in [1.29, 1.82) is 0 Å². The van der Waals surface area contributed by atoms with Crippen LogP contribution in [0.15, 0.2) is 285 Å². The lowest BCUT2D eigenvalue weighted by Crippen LogP contribution is -2.67. The summed E-state index contributed by atoms with van der Waals surface area (Å²) in [5, 5.41) is 0. The molecule has 0 bridgehead atoms. The molecule has 12 aromatic rings. The second-order valence-electron chi connectivity index (χ2n) is 20.5. The van der Waals surface area contributed by atoms with Gasteiger partial charge in [0.05, 0.1) is 22.6 Å². The Hall–Kier alpha value is -10.6. The average Bonchev–Trinajstić information content (AvgIpc) is 2.75. The number of rotatable bonds is 9. The normalized spacial score (nSPS) is 13.0. The molecule has 80 heavy (non-hydrogen) atoms. The molecule has 0 saturated heterocycles. The molecule has 0 aliphatic carbocycles. The minimum absolute atomic E-state index is 0.311. The Morgan fingerprint density at radius 3 is 1.14 bits per heavy atom. The summed E-state index contributed by atoms with van der Waals surface area (Å²) in [7, 11) is 0. The van der Waals surface area contributed by atoms with Crippen molar-refractivity contribution >= 4 is 132 Å². The van der Waals surface area contributed by atoms with Gasteiger partial charge in [-0.15, -0.1) is 0 Å². The number of para-hydroxylation sites is 9. The van der Waals surface area contributed by atoms with E-state index in [0.29, 0.717) is 0 Å². The zero-order valence-electron chi connectivity index (χ0n) is 43.3. The fourth-order valence-corrected chi connectivity index (χ4v) is 12.7. The van der Waals surface area contributed by atoms with E-state index < -0.39 is 0 Å². The predicted octanol–water partition coefficient (Wildman–Crippen LogP) is 13.9. The summed E-state index contributed by atoms with van der Waals surface area (Å²) in [6.07, 6.45) is 0. The van der Waals surface area contributed by atoms with E-state index >= 15 is 0 Å². The zero-order chi connectivity index (χ0) is 52.7. The van der Waals surface area contributed by atoms with Gasteiger partial charge in [0.1, 0.15) is 11.5 Å². The van der Waals surface area contributed by atoms with Crippen LogP contribution in [0.3, 0.4) is 0 Å². The van der Waals surface area contributed by atoms with E-state index in [1.54, 1.807) is 0 Å². The quantitative estimate of drug-likeness (QED) is 0.133. The highest BCUT2D eigenvalue weighted by atomic mass is 16.5. The molecule has 0 atom stereocenters. The number of hydrogen-bond acceptors (Lipinski definition) is 8. The molecular weight excluding hydrogens is 976 g/mol. The summed E-state index contributed by atoms with van der Waals surface area (Å²) in [5.74, 6) is 3.09. The van der Waals surface area contributed by atoms with Crippen molar-refractivity contribution in [2.75, 3.05) is 24.5 Å². The third-order valence-electron chi connectivity index (χ3n) is 16.0. The van der Waals surface area contributed by atoms with Crippen molar-refractivity contribution in [2.45, 2.75) is 0 Å². The standard InChI is InChI=1S/C70H47B2N7O/c1-8-26-48(27-9-1)75(49-28-10-2-11-29-49)55-44-60-65-61(45-55)78(53-36-18-6-19-37-53)69-67(71(65)57-40-22-24-42-59(57)77(60)52-34-16-5-17-35-52)73-68-70(74-69)79(54-38-20-7-21-39-54)62-46-56(47-64-66(62)72(68)58-41-23-25-43-63(58)80-64)76(50-30-12-3-13-31-50)51-32-14-4-15-33-51/h1-47H. The molecule has 0 N–H and O–H groups in total. The van der Waals surface area contributed by atoms with Crippen LogP contribution in [0.1, 0.15) is 0 Å². The Morgan fingerprint density at radius 1 is 0.287 bits per heavy atom. The maximum atomic E-state index is 7.16. The van der Waals surface area contributed by atoms with Crippen LogP contribution in [0.2, 0.25) is 0 Å². The van der Waals surface area contributed by atoms with Crippen LogP contribution in [0.25, 0.3) is 0 Å². The highest BCUT2D eigenvalue weighted by molar-refractivity contribution is 7.01. The molecule has 11 aromatic carbocycles. The minimum Gasteiger partial charge on any atom is -0.458 e. The van der Waals surface area contributed by atoms with Crippen LogP contribution in [0.4, 0.5) is 85.6 Å². The second kappa shape index (κ2) is 18.6. The van der Waals surface area contributed by atoms with Gasteiger partial charge in [-0.1, -0.05) is 164 Å². The first-order valence-corrected chi connectivity index (χ1v) is 27.2. The lowest BCUT2D eigenvalue weighted by molar-refractivity contribution is 0.487. The van der Waals surface area contributed by atoms with Crippen molar-refractivity contribution in [3.8, 4) is 11.5 Å². The van der Waals surface area contributed by atoms with Crippen LogP contribution in [0, 0.1) is 0 Å². The molecular formula is C70H47B2N7O. The van der Waals surface area contributed by atoms with Gasteiger partial charge in [-0.05, 0) is 137 Å². The molecule has 0 fully saturated rings. The molecule has 5 heterocycles. The number of hydrogen-bond donors (Lipinski definition) is 0. The molecule has 0 spiro atoms. The summed E-state index contributed by atoms with van der Waals surface area (Å²) >= 11 is 0. The highest BCUT2D eigenvalue weighted by Crippen LogP contribution is 2.50. The molecule has 1 aromatic heterocycles. The van der Waals surface area contributed by atoms with E-state index in [1.807, 2.05) is 0 Å². The Balaban J connectivity index is 1.01. The molecule has 16 rings (SSSR count). The summed E-state index contributed by atoms with van der Waals surface area (Å²) in [4.78, 5) is 24.2. The maximum absolute atomic E-state index is 7.16. The zero-order valence-corrected chi connectivity index (χ0v) is 43.3. The molecule has 0 saturated carbocycles. The first-order valence-electron chi connectivity index (χ1n) is 27.2. The number of ether oxygens (including phenoxy) is 1. The number of anilines is 15. The largest absolute Gasteiger partial charge is 0.458 e. The summed E-state index contributed by atoms with van der Waals surface area (Å²) < 4.78 is 7.16. The van der Waals surface area contributed by atoms with Crippen molar-refractivity contribution < 1.29 is 4.74 Å². The highest BCUT2D eigenvalue weighted by Gasteiger charge is 2.50. The third kappa shape index (κ3) is 7.19. The van der Waals surface area contributed by atoms with Gasteiger partial charge in [0.2, 0.25) is 0 Å². The Kier molecular flexibility index (Phi) is 10.6. The third-order valence-corrected chi connectivity index (χ3v) is 16.0. The molecule has 4 aliphatic rings. The first kappa shape index (κ1) is 45.6. The van der Waals surface area contributed by atoms with Crippen molar-refractivity contribution in [3.05, 3.63) is 285 Å². The second-order valence-corrected chi connectivity index (χ2v) is 20.5. The van der Waals surface area contributed by atoms with Gasteiger partial charge in [0.25, 0.3) is 13.4 Å². The van der Waals surface area contributed by atoms with Crippen LogP contribution >= 0.6 is 0 Å². The van der Waals surface area contributed by atoms with Crippen LogP contribution < -0.4 is 62.3 Å². The van der Waals surface area contributed by atoms with Gasteiger partial charge in [0.15, 0.2) is 11.6 Å². The van der Waals surface area contributed by atoms with Crippen molar-refractivity contribution in [3.63, 3.8) is 0 Å². The van der Waals surface area contributed by atoms with Gasteiger partial charge >= 0.3 is 0 Å². The van der Waals surface area contributed by atoms with Crippen LogP contribution in [0.5, 0.6) is 11.5 Å². The predicted molar refractivity (Wildman–Crippen MR) is 331 cm³/mol. The van der Waals surface area contributed by atoms with Gasteiger partial charge in [0, 0.05) is 68.6 Å². The monoisotopic (exact) mass is 1020 g/mol. The Labute approximate surface area is 465 Å². The Bertz CT molecular complexity index is 4240. The van der Waals surface area contributed by atoms with E-state index in [9.17, 15) is 0 Å². The van der Waals surface area contributed by atoms with Gasteiger partial charge in [-0.25, -0.2) is 4.98 Å². The SMILES string of the molecule is c1ccc(N(c2ccccc2)c2cc3c4c(c2)N(c2ccccc2)c2nc5c(nc2B4c2ccccc2O3)B2c3ccccc3N(c3ccccc3)c3cc(N(c4ccccc4)c4ccccc4)cc(c32)N5c2ccccc2)cc1. The lowest BCUT2D eigenvalue weighted by Gasteiger charge is -2.45. The van der Waals surface area contributed by atoms with Gasteiger partial charge < -0.3 is 19.4 Å². The lowest BCUT2D eigenvalue weighted by atomic mass is 9.33. The van der Waals surface area contributed by atoms with E-state index in [4.69, 9.17) is 14.7 Å². The number of aromatic nitrogens is 2. The topological polar surface area (TPSA) is 51.2 Å². The Morgan fingerprint density at radius 2 is 0.650 bits per heavy atom. The molecule has 0 amide bonds. The maximum Gasteiger partial charge on any atom is 0.281 e. The molecule has 0 radical (unpaired) electrons. The van der Waals surface area contributed by atoms with E-state index in [1.165, 1.54) is 0 Å². The first-order chi connectivity index (χ1) is 39.7. The van der Waals surface area contributed by atoms with Crippen molar-refractivity contribution in [1.82, 2.24) is 9.97 Å². The molecule has 8 nitrogen and oxygen atoms in total. The fraction of sp³-hybridized carbons (Fsp3) is 0.